The van der Waals surface area contributed by atoms with Gasteiger partial charge in [-0.3, -0.25) is 4.79 Å². The molecule has 1 aromatic carbocycles. The molecule has 1 fully saturated rings. The summed E-state index contributed by atoms with van der Waals surface area (Å²) in [7, 11) is 1.29. The predicted molar refractivity (Wildman–Crippen MR) is 98.6 cm³/mol. The Morgan fingerprint density at radius 1 is 1.54 bits per heavy atom. The molecule has 1 heterocycles. The number of aromatic carboxylic acids is 1. The van der Waals surface area contributed by atoms with E-state index in [1.54, 1.807) is 6.08 Å². The first-order chi connectivity index (χ1) is 13.3. The van der Waals surface area contributed by atoms with Crippen LogP contribution in [0.3, 0.4) is 0 Å². The maximum absolute atomic E-state index is 14.6. The van der Waals surface area contributed by atoms with Crippen molar-refractivity contribution in [3.05, 3.63) is 53.6 Å². The van der Waals surface area contributed by atoms with Crippen molar-refractivity contribution in [2.45, 2.75) is 31.8 Å². The fourth-order valence-electron chi connectivity index (χ4n) is 4.00. The smallest absolute Gasteiger partial charge is 0.339 e. The molecule has 1 aliphatic carbocycles. The monoisotopic (exact) mass is 390 g/mol. The molecular weight excluding hydrogens is 367 g/mol. The van der Waals surface area contributed by atoms with E-state index in [1.807, 2.05) is 6.92 Å². The summed E-state index contributed by atoms with van der Waals surface area (Å²) >= 11 is 0. The molecule has 1 unspecified atom stereocenters. The molecule has 0 aromatic heterocycles. The number of ether oxygens (including phenoxy) is 3. The third-order valence-corrected chi connectivity index (χ3v) is 5.55. The highest BCUT2D eigenvalue weighted by atomic mass is 19.1. The third kappa shape index (κ3) is 3.42. The van der Waals surface area contributed by atoms with E-state index < -0.39 is 17.4 Å². The van der Waals surface area contributed by atoms with E-state index in [9.17, 15) is 19.1 Å². The molecule has 150 valence electrons. The summed E-state index contributed by atoms with van der Waals surface area (Å²) in [5, 5.41) is 9.36. The SMILES string of the molecule is C=CC[C@H]1C[C@]2(C(C)Cc3cc(C(=O)O)c(OC)cc3F)OCOC2=CC1=O. The molecule has 1 N–H and O–H groups in total. The standard InChI is InChI=1S/C21H23FO6/c1-4-5-13-10-21(19(9-17(13)23)27-11-28-21)12(2)6-14-7-15(20(24)25)18(26-3)8-16(14)22/h4,7-9,12-13H,1,5-6,10-11H2,2-3H3,(H,24,25)/t12?,13-,21+/m0/s1. The highest BCUT2D eigenvalue weighted by Gasteiger charge is 2.51. The molecule has 28 heavy (non-hydrogen) atoms. The van der Waals surface area contributed by atoms with E-state index in [2.05, 4.69) is 6.58 Å². The number of fused-ring (bicyclic) bond motifs is 1. The van der Waals surface area contributed by atoms with Gasteiger partial charge in [0.1, 0.15) is 28.5 Å². The number of hydrogen-bond acceptors (Lipinski definition) is 5. The van der Waals surface area contributed by atoms with Crippen molar-refractivity contribution in [1.29, 1.82) is 0 Å². The van der Waals surface area contributed by atoms with Crippen molar-refractivity contribution in [1.82, 2.24) is 0 Å². The predicted octanol–water partition coefficient (Wildman–Crippen LogP) is 3.50. The number of hydrogen-bond donors (Lipinski definition) is 1. The first-order valence-corrected chi connectivity index (χ1v) is 9.05. The number of carboxylic acids is 1. The van der Waals surface area contributed by atoms with Crippen molar-refractivity contribution in [2.24, 2.45) is 11.8 Å². The zero-order valence-electron chi connectivity index (χ0n) is 15.9. The van der Waals surface area contributed by atoms with Crippen LogP contribution in [0.1, 0.15) is 35.7 Å². The minimum absolute atomic E-state index is 0.0235. The zero-order chi connectivity index (χ0) is 20.5. The fourth-order valence-corrected chi connectivity index (χ4v) is 4.00. The van der Waals surface area contributed by atoms with Gasteiger partial charge in [-0.25, -0.2) is 9.18 Å². The lowest BCUT2D eigenvalue weighted by Crippen LogP contribution is -2.45. The van der Waals surface area contributed by atoms with Gasteiger partial charge < -0.3 is 19.3 Å². The molecule has 6 nitrogen and oxygen atoms in total. The van der Waals surface area contributed by atoms with Crippen LogP contribution >= 0.6 is 0 Å². The summed E-state index contributed by atoms with van der Waals surface area (Å²) < 4.78 is 31.0. The van der Waals surface area contributed by atoms with Crippen LogP contribution in [0.2, 0.25) is 0 Å². The molecule has 1 aliphatic heterocycles. The summed E-state index contributed by atoms with van der Waals surface area (Å²) in [5.41, 5.74) is -0.712. The highest BCUT2D eigenvalue weighted by Crippen LogP contribution is 2.46. The molecule has 0 amide bonds. The first kappa shape index (κ1) is 20.1. The Morgan fingerprint density at radius 2 is 2.29 bits per heavy atom. The normalized spacial score (nSPS) is 24.8. The summed E-state index contributed by atoms with van der Waals surface area (Å²) in [5.74, 6) is -1.89. The van der Waals surface area contributed by atoms with Gasteiger partial charge >= 0.3 is 5.97 Å². The largest absolute Gasteiger partial charge is 0.496 e. The molecule has 3 rings (SSSR count). The maximum Gasteiger partial charge on any atom is 0.339 e. The van der Waals surface area contributed by atoms with Crippen LogP contribution < -0.4 is 4.74 Å². The van der Waals surface area contributed by atoms with Gasteiger partial charge in [0.05, 0.1) is 7.11 Å². The lowest BCUT2D eigenvalue weighted by Gasteiger charge is -2.38. The van der Waals surface area contributed by atoms with Gasteiger partial charge in [0, 0.05) is 18.1 Å². The molecule has 0 spiro atoms. The van der Waals surface area contributed by atoms with Gasteiger partial charge in [0.25, 0.3) is 0 Å². The van der Waals surface area contributed by atoms with Crippen molar-refractivity contribution >= 4 is 11.8 Å². The van der Waals surface area contributed by atoms with Gasteiger partial charge in [-0.1, -0.05) is 13.0 Å². The number of carboxylic acid groups (broad SMARTS) is 1. The van der Waals surface area contributed by atoms with Crippen LogP contribution in [0.4, 0.5) is 4.39 Å². The number of allylic oxidation sites excluding steroid dienone is 2. The topological polar surface area (TPSA) is 82.1 Å². The van der Waals surface area contributed by atoms with E-state index in [1.165, 1.54) is 19.3 Å². The number of carbonyl (C=O) groups excluding carboxylic acids is 1. The van der Waals surface area contributed by atoms with E-state index in [0.717, 1.165) is 6.07 Å². The van der Waals surface area contributed by atoms with Crippen molar-refractivity contribution in [2.75, 3.05) is 13.9 Å². The van der Waals surface area contributed by atoms with Crippen LogP contribution in [0, 0.1) is 17.7 Å². The summed E-state index contributed by atoms with van der Waals surface area (Å²) in [6.45, 7) is 5.61. The molecule has 7 heteroatoms. The Labute approximate surface area is 162 Å². The fraction of sp³-hybridized carbons (Fsp3) is 0.429. The molecule has 2 aliphatic rings. The van der Waals surface area contributed by atoms with Crippen LogP contribution in [-0.4, -0.2) is 36.4 Å². The van der Waals surface area contributed by atoms with E-state index in [4.69, 9.17) is 14.2 Å². The minimum Gasteiger partial charge on any atom is -0.496 e. The first-order valence-electron chi connectivity index (χ1n) is 9.05. The van der Waals surface area contributed by atoms with Crippen molar-refractivity contribution in [3.63, 3.8) is 0 Å². The quantitative estimate of drug-likeness (QED) is 0.718. The van der Waals surface area contributed by atoms with Crippen LogP contribution in [0.5, 0.6) is 5.75 Å². The molecule has 3 atom stereocenters. The van der Waals surface area contributed by atoms with Gasteiger partial charge in [-0.15, -0.1) is 6.58 Å². The van der Waals surface area contributed by atoms with Crippen molar-refractivity contribution in [3.8, 4) is 5.75 Å². The molecule has 0 bridgehead atoms. The lowest BCUT2D eigenvalue weighted by molar-refractivity contribution is -0.123. The van der Waals surface area contributed by atoms with Gasteiger partial charge in [-0.2, -0.15) is 0 Å². The lowest BCUT2D eigenvalue weighted by atomic mass is 9.71. The average Bonchev–Trinajstić information content (AvgIpc) is 3.07. The maximum atomic E-state index is 14.6. The van der Waals surface area contributed by atoms with Gasteiger partial charge in [0.2, 0.25) is 0 Å². The summed E-state index contributed by atoms with van der Waals surface area (Å²) in [4.78, 5) is 23.8. The number of rotatable bonds is 7. The Bertz CT molecular complexity index is 846. The van der Waals surface area contributed by atoms with Gasteiger partial charge in [-0.05, 0) is 36.8 Å². The third-order valence-electron chi connectivity index (χ3n) is 5.55. The number of carbonyl (C=O) groups is 2. The molecular formula is C21H23FO6. The molecule has 1 saturated heterocycles. The molecule has 0 saturated carbocycles. The van der Waals surface area contributed by atoms with E-state index >= 15 is 0 Å². The molecule has 1 aromatic rings. The second kappa shape index (κ2) is 7.75. The van der Waals surface area contributed by atoms with Crippen LogP contribution in [0.15, 0.2) is 36.6 Å². The summed E-state index contributed by atoms with van der Waals surface area (Å²) in [6, 6.07) is 2.37. The van der Waals surface area contributed by atoms with E-state index in [0.29, 0.717) is 18.6 Å². The Hall–Kier alpha value is -2.67. The number of ketones is 1. The number of methoxy groups -OCH3 is 1. The van der Waals surface area contributed by atoms with E-state index in [-0.39, 0.29) is 47.7 Å². The van der Waals surface area contributed by atoms with Gasteiger partial charge in [0.15, 0.2) is 12.6 Å². The second-order valence-corrected chi connectivity index (χ2v) is 7.19. The van der Waals surface area contributed by atoms with Crippen molar-refractivity contribution < 1.29 is 33.3 Å². The Balaban J connectivity index is 1.94. The van der Waals surface area contributed by atoms with Crippen LogP contribution in [0.25, 0.3) is 0 Å². The average molecular weight is 390 g/mol. The second-order valence-electron chi connectivity index (χ2n) is 7.19. The molecule has 0 radical (unpaired) electrons. The Kier molecular flexibility index (Phi) is 5.56. The Morgan fingerprint density at radius 3 is 2.93 bits per heavy atom. The van der Waals surface area contributed by atoms with Crippen LogP contribution in [-0.2, 0) is 20.7 Å². The number of halogens is 1. The minimum atomic E-state index is -1.20. The highest BCUT2D eigenvalue weighted by molar-refractivity contribution is 5.94. The number of benzene rings is 1. The zero-order valence-corrected chi connectivity index (χ0v) is 15.9. The summed E-state index contributed by atoms with van der Waals surface area (Å²) in [6.07, 6.45) is 4.30.